The topological polar surface area (TPSA) is 132 Å². The summed E-state index contributed by atoms with van der Waals surface area (Å²) in [5.74, 6) is -1.31. The fourth-order valence-electron chi connectivity index (χ4n) is 3.86. The summed E-state index contributed by atoms with van der Waals surface area (Å²) in [6.45, 7) is 0. The Morgan fingerprint density at radius 2 is 2.03 bits per heavy atom. The van der Waals surface area contributed by atoms with Crippen LogP contribution in [0.1, 0.15) is 42.6 Å². The normalized spacial score (nSPS) is 20.0. The number of benzene rings is 1. The average Bonchev–Trinajstić information content (AvgIpc) is 3.14. The van der Waals surface area contributed by atoms with E-state index in [0.717, 1.165) is 30.0 Å². The summed E-state index contributed by atoms with van der Waals surface area (Å²) >= 11 is 6.00. The first kappa shape index (κ1) is 23.1. The quantitative estimate of drug-likeness (QED) is 0.579. The molecule has 0 radical (unpaired) electrons. The van der Waals surface area contributed by atoms with E-state index in [0.29, 0.717) is 23.6 Å². The van der Waals surface area contributed by atoms with Crippen molar-refractivity contribution in [2.45, 2.75) is 44.2 Å². The zero-order valence-electron chi connectivity index (χ0n) is 17.2. The van der Waals surface area contributed by atoms with Gasteiger partial charge in [-0.15, -0.1) is 0 Å². The smallest absolute Gasteiger partial charge is 0.267 e. The van der Waals surface area contributed by atoms with Crippen LogP contribution in [0, 0.1) is 17.2 Å². The minimum absolute atomic E-state index is 0.0302. The van der Waals surface area contributed by atoms with Crippen LogP contribution in [-0.4, -0.2) is 49.3 Å². The molecule has 1 aliphatic carbocycles. The lowest BCUT2D eigenvalue weighted by Crippen LogP contribution is -2.50. The van der Waals surface area contributed by atoms with Crippen molar-refractivity contribution in [3.63, 3.8) is 0 Å². The van der Waals surface area contributed by atoms with Gasteiger partial charge in [-0.3, -0.25) is 9.59 Å². The van der Waals surface area contributed by atoms with Gasteiger partial charge in [0.15, 0.2) is 0 Å². The molecule has 0 saturated heterocycles. The standard InChI is InChI=1S/C21H25ClN4O4S/c1-31(29,30)9-8-15(12-23)24-20(27)16-4-2-3-5-17(16)26-21(28)19-10-13-6-7-14(22)11-18(13)25-19/h6-7,10-11,15-17,25H,2-5,8-9H2,1H3,(H,24,27)(H,26,28)/t15-,16+,17-/m0/s1. The summed E-state index contributed by atoms with van der Waals surface area (Å²) in [5, 5.41) is 16.3. The molecule has 1 aromatic heterocycles. The van der Waals surface area contributed by atoms with Crippen molar-refractivity contribution < 1.29 is 18.0 Å². The molecule has 2 aromatic rings. The second-order valence-corrected chi connectivity index (χ2v) is 10.7. The molecule has 10 heteroatoms. The maximum absolute atomic E-state index is 12.8. The van der Waals surface area contributed by atoms with Crippen molar-refractivity contribution in [2.24, 2.45) is 5.92 Å². The summed E-state index contributed by atoms with van der Waals surface area (Å²) in [6, 6.07) is 7.72. The van der Waals surface area contributed by atoms with Crippen molar-refractivity contribution in [3.8, 4) is 6.07 Å². The monoisotopic (exact) mass is 464 g/mol. The van der Waals surface area contributed by atoms with Gasteiger partial charge >= 0.3 is 0 Å². The fraction of sp³-hybridized carbons (Fsp3) is 0.476. The fourth-order valence-corrected chi connectivity index (χ4v) is 4.70. The van der Waals surface area contributed by atoms with E-state index in [2.05, 4.69) is 15.6 Å². The van der Waals surface area contributed by atoms with Crippen LogP contribution in [0.2, 0.25) is 5.02 Å². The molecule has 0 unspecified atom stereocenters. The van der Waals surface area contributed by atoms with Crippen LogP contribution in [0.25, 0.3) is 10.9 Å². The second-order valence-electron chi connectivity index (χ2n) is 7.99. The number of fused-ring (bicyclic) bond motifs is 1. The number of aromatic nitrogens is 1. The first-order chi connectivity index (χ1) is 14.7. The van der Waals surface area contributed by atoms with Gasteiger partial charge in [-0.25, -0.2) is 8.42 Å². The number of nitrogens with one attached hydrogen (secondary N) is 3. The summed E-state index contributed by atoms with van der Waals surface area (Å²) in [5.41, 5.74) is 1.13. The molecule has 0 spiro atoms. The molecule has 1 saturated carbocycles. The number of halogens is 1. The van der Waals surface area contributed by atoms with E-state index in [4.69, 9.17) is 11.6 Å². The molecule has 1 aromatic carbocycles. The largest absolute Gasteiger partial charge is 0.350 e. The number of hydrogen-bond donors (Lipinski definition) is 3. The Hall–Kier alpha value is -2.57. The zero-order chi connectivity index (χ0) is 22.6. The number of nitrogens with zero attached hydrogens (tertiary/aromatic N) is 1. The Kier molecular flexibility index (Phi) is 7.23. The third kappa shape index (κ3) is 6.21. The predicted octanol–water partition coefficient (Wildman–Crippen LogP) is 2.55. The summed E-state index contributed by atoms with van der Waals surface area (Å²) in [4.78, 5) is 28.7. The lowest BCUT2D eigenvalue weighted by Gasteiger charge is -2.31. The van der Waals surface area contributed by atoms with Crippen LogP contribution in [0.5, 0.6) is 0 Å². The van der Waals surface area contributed by atoms with Crippen molar-refractivity contribution in [1.82, 2.24) is 15.6 Å². The van der Waals surface area contributed by atoms with Gasteiger partial charge in [-0.1, -0.05) is 30.5 Å². The second kappa shape index (κ2) is 9.71. The molecule has 2 amide bonds. The van der Waals surface area contributed by atoms with Crippen LogP contribution < -0.4 is 10.6 Å². The molecule has 1 heterocycles. The lowest BCUT2D eigenvalue weighted by molar-refractivity contribution is -0.127. The van der Waals surface area contributed by atoms with Gasteiger partial charge in [0.05, 0.1) is 17.7 Å². The molecule has 3 atom stereocenters. The van der Waals surface area contributed by atoms with Crippen molar-refractivity contribution in [2.75, 3.05) is 12.0 Å². The number of sulfone groups is 1. The molecule has 0 aliphatic heterocycles. The molecular weight excluding hydrogens is 440 g/mol. The van der Waals surface area contributed by atoms with Crippen LogP contribution in [-0.2, 0) is 14.6 Å². The van der Waals surface area contributed by atoms with Gasteiger partial charge < -0.3 is 15.6 Å². The van der Waals surface area contributed by atoms with Gasteiger partial charge in [0, 0.05) is 28.2 Å². The van der Waals surface area contributed by atoms with Gasteiger partial charge in [-0.2, -0.15) is 5.26 Å². The van der Waals surface area contributed by atoms with Crippen molar-refractivity contribution >= 4 is 44.2 Å². The third-order valence-corrected chi connectivity index (χ3v) is 6.71. The first-order valence-electron chi connectivity index (χ1n) is 10.1. The average molecular weight is 465 g/mol. The number of rotatable bonds is 7. The number of nitriles is 1. The van der Waals surface area contributed by atoms with Gasteiger partial charge in [0.1, 0.15) is 21.6 Å². The van der Waals surface area contributed by atoms with E-state index in [1.54, 1.807) is 18.2 Å². The molecule has 3 rings (SSSR count). The zero-order valence-corrected chi connectivity index (χ0v) is 18.7. The number of carbonyl (C=O) groups is 2. The molecule has 1 aliphatic rings. The highest BCUT2D eigenvalue weighted by Crippen LogP contribution is 2.26. The summed E-state index contributed by atoms with van der Waals surface area (Å²) in [6.07, 6.45) is 4.08. The maximum Gasteiger partial charge on any atom is 0.267 e. The lowest BCUT2D eigenvalue weighted by atomic mass is 9.83. The van der Waals surface area contributed by atoms with Crippen molar-refractivity contribution in [1.29, 1.82) is 5.26 Å². The van der Waals surface area contributed by atoms with E-state index < -0.39 is 21.8 Å². The molecule has 3 N–H and O–H groups in total. The highest BCUT2D eigenvalue weighted by Gasteiger charge is 2.33. The van der Waals surface area contributed by atoms with Crippen LogP contribution in [0.4, 0.5) is 0 Å². The number of hydrogen-bond acceptors (Lipinski definition) is 5. The van der Waals surface area contributed by atoms with Gasteiger partial charge in [-0.05, 0) is 37.5 Å². The highest BCUT2D eigenvalue weighted by molar-refractivity contribution is 7.90. The summed E-state index contributed by atoms with van der Waals surface area (Å²) < 4.78 is 22.7. The Balaban J connectivity index is 1.67. The van der Waals surface area contributed by atoms with Gasteiger partial charge in [0.25, 0.3) is 5.91 Å². The van der Waals surface area contributed by atoms with E-state index >= 15 is 0 Å². The van der Waals surface area contributed by atoms with E-state index in [-0.39, 0.29) is 30.0 Å². The number of aromatic amines is 1. The highest BCUT2D eigenvalue weighted by atomic mass is 35.5. The van der Waals surface area contributed by atoms with Crippen molar-refractivity contribution in [3.05, 3.63) is 35.0 Å². The predicted molar refractivity (Wildman–Crippen MR) is 118 cm³/mol. The third-order valence-electron chi connectivity index (χ3n) is 5.50. The maximum atomic E-state index is 12.8. The summed E-state index contributed by atoms with van der Waals surface area (Å²) in [7, 11) is -3.23. The van der Waals surface area contributed by atoms with Crippen LogP contribution >= 0.6 is 11.6 Å². The molecule has 1 fully saturated rings. The first-order valence-corrected chi connectivity index (χ1v) is 12.6. The SMILES string of the molecule is CS(=O)(=O)CC[C@@H](C#N)NC(=O)[C@@H]1CCCC[C@@H]1NC(=O)c1cc2ccc(Cl)cc2[nH]1. The molecule has 8 nitrogen and oxygen atoms in total. The Morgan fingerprint density at radius 1 is 1.29 bits per heavy atom. The van der Waals surface area contributed by atoms with E-state index in [1.165, 1.54) is 0 Å². The minimum Gasteiger partial charge on any atom is -0.350 e. The molecule has 166 valence electrons. The molecule has 31 heavy (non-hydrogen) atoms. The molecule has 0 bridgehead atoms. The van der Waals surface area contributed by atoms with Gasteiger partial charge in [0.2, 0.25) is 5.91 Å². The Morgan fingerprint density at radius 3 is 2.74 bits per heavy atom. The van der Waals surface area contributed by atoms with E-state index in [1.807, 2.05) is 12.1 Å². The van der Waals surface area contributed by atoms with Crippen LogP contribution in [0.3, 0.4) is 0 Å². The Bertz CT molecular complexity index is 1120. The number of carbonyl (C=O) groups excluding carboxylic acids is 2. The van der Waals surface area contributed by atoms with Crippen LogP contribution in [0.15, 0.2) is 24.3 Å². The van der Waals surface area contributed by atoms with E-state index in [9.17, 15) is 23.3 Å². The number of H-pyrrole nitrogens is 1. The molecular formula is C21H25ClN4O4S. The number of amides is 2. The minimum atomic E-state index is -3.23. The Labute approximate surface area is 186 Å².